The number of benzene rings is 1. The Kier molecular flexibility index (Phi) is 4.89. The molecule has 1 aliphatic heterocycles. The zero-order valence-electron chi connectivity index (χ0n) is 16.7. The van der Waals surface area contributed by atoms with E-state index in [2.05, 4.69) is 20.8 Å². The van der Waals surface area contributed by atoms with E-state index in [4.69, 9.17) is 4.74 Å². The lowest BCUT2D eigenvalue weighted by Gasteiger charge is -2.39. The Morgan fingerprint density at radius 1 is 1.15 bits per heavy atom. The molecule has 142 valence electrons. The Balaban J connectivity index is 1.54. The third-order valence-electron chi connectivity index (χ3n) is 6.01. The lowest BCUT2D eigenvalue weighted by Crippen LogP contribution is -2.39. The fourth-order valence-corrected chi connectivity index (χ4v) is 5.11. The molecule has 1 saturated carbocycles. The molecule has 3 rings (SSSR count). The van der Waals surface area contributed by atoms with E-state index in [1.165, 1.54) is 5.56 Å². The molecule has 1 saturated heterocycles. The number of amides is 1. The van der Waals surface area contributed by atoms with E-state index < -0.39 is 0 Å². The Morgan fingerprint density at radius 3 is 2.58 bits per heavy atom. The molecule has 2 fully saturated rings. The summed E-state index contributed by atoms with van der Waals surface area (Å²) in [7, 11) is 0. The van der Waals surface area contributed by atoms with Gasteiger partial charge in [0.25, 0.3) is 5.91 Å². The number of carbonyl (C=O) groups is 2. The van der Waals surface area contributed by atoms with Gasteiger partial charge < -0.3 is 9.64 Å². The summed E-state index contributed by atoms with van der Waals surface area (Å²) in [5.74, 6) is -0.389. The SMILES string of the molecule is Cc1ccc(CC(=O)OCC(=O)N2C[C@@]3(C)C[C@@H]2CC(C)(C)C3)cc1C. The van der Waals surface area contributed by atoms with Crippen LogP contribution in [0.2, 0.25) is 0 Å². The molecule has 2 aliphatic rings. The summed E-state index contributed by atoms with van der Waals surface area (Å²) in [5.41, 5.74) is 3.76. The number of ether oxygens (including phenoxy) is 1. The highest BCUT2D eigenvalue weighted by atomic mass is 16.5. The smallest absolute Gasteiger partial charge is 0.310 e. The van der Waals surface area contributed by atoms with Gasteiger partial charge in [-0.15, -0.1) is 0 Å². The van der Waals surface area contributed by atoms with Crippen molar-refractivity contribution in [2.75, 3.05) is 13.2 Å². The second-order valence-corrected chi connectivity index (χ2v) is 9.49. The molecular formula is C22H31NO3. The van der Waals surface area contributed by atoms with E-state index in [9.17, 15) is 9.59 Å². The zero-order valence-corrected chi connectivity index (χ0v) is 16.7. The van der Waals surface area contributed by atoms with Crippen LogP contribution in [0.15, 0.2) is 18.2 Å². The van der Waals surface area contributed by atoms with E-state index in [1.807, 2.05) is 36.9 Å². The van der Waals surface area contributed by atoms with Gasteiger partial charge in [-0.1, -0.05) is 39.0 Å². The average molecular weight is 357 g/mol. The van der Waals surface area contributed by atoms with Crippen LogP contribution in [0.3, 0.4) is 0 Å². The predicted octanol–water partition coefficient (Wildman–Crippen LogP) is 3.82. The fourth-order valence-electron chi connectivity index (χ4n) is 5.11. The second kappa shape index (κ2) is 6.71. The third kappa shape index (κ3) is 4.11. The normalized spacial score (nSPS) is 26.7. The van der Waals surface area contributed by atoms with Gasteiger partial charge >= 0.3 is 5.97 Å². The van der Waals surface area contributed by atoms with Gasteiger partial charge in [-0.3, -0.25) is 9.59 Å². The van der Waals surface area contributed by atoms with E-state index >= 15 is 0 Å². The van der Waals surface area contributed by atoms with E-state index in [-0.39, 0.29) is 41.8 Å². The molecule has 0 unspecified atom stereocenters. The summed E-state index contributed by atoms with van der Waals surface area (Å²) < 4.78 is 5.29. The minimum Gasteiger partial charge on any atom is -0.455 e. The monoisotopic (exact) mass is 357 g/mol. The first-order chi connectivity index (χ1) is 12.1. The Bertz CT molecular complexity index is 724. The first-order valence-corrected chi connectivity index (χ1v) is 9.58. The van der Waals surface area contributed by atoms with Gasteiger partial charge in [0.05, 0.1) is 6.42 Å². The van der Waals surface area contributed by atoms with Crippen LogP contribution < -0.4 is 0 Å². The van der Waals surface area contributed by atoms with Gasteiger partial charge in [-0.25, -0.2) is 0 Å². The average Bonchev–Trinajstić information content (AvgIpc) is 2.77. The van der Waals surface area contributed by atoms with E-state index in [0.717, 1.165) is 36.9 Å². The molecule has 2 atom stereocenters. The van der Waals surface area contributed by atoms with Crippen molar-refractivity contribution in [3.63, 3.8) is 0 Å². The van der Waals surface area contributed by atoms with Crippen LogP contribution in [0.4, 0.5) is 0 Å². The number of hydrogen-bond donors (Lipinski definition) is 0. The number of rotatable bonds is 4. The van der Waals surface area contributed by atoms with Crippen LogP contribution >= 0.6 is 0 Å². The van der Waals surface area contributed by atoms with Crippen LogP contribution in [0.1, 0.15) is 56.7 Å². The zero-order chi connectivity index (χ0) is 19.1. The highest BCUT2D eigenvalue weighted by Crippen LogP contribution is 2.52. The molecule has 0 aromatic heterocycles. The molecular weight excluding hydrogens is 326 g/mol. The molecule has 1 heterocycles. The summed E-state index contributed by atoms with van der Waals surface area (Å²) in [6.45, 7) is 11.6. The summed E-state index contributed by atoms with van der Waals surface area (Å²) >= 11 is 0. The first kappa shape index (κ1) is 18.9. The standard InChI is InChI=1S/C22H31NO3/c1-15-6-7-17(8-16(15)2)9-20(25)26-12-19(24)23-14-22(5)11-18(23)10-21(3,4)13-22/h6-8,18H,9-14H2,1-5H3/t18-,22-/m0/s1. The van der Waals surface area contributed by atoms with Gasteiger partial charge in [-0.2, -0.15) is 0 Å². The Morgan fingerprint density at radius 2 is 1.88 bits per heavy atom. The molecule has 1 aliphatic carbocycles. The van der Waals surface area contributed by atoms with Crippen LogP contribution in [-0.2, 0) is 20.7 Å². The van der Waals surface area contributed by atoms with Crippen molar-refractivity contribution in [2.45, 2.75) is 66.3 Å². The molecule has 0 spiro atoms. The summed E-state index contributed by atoms with van der Waals surface area (Å²) in [6, 6.07) is 6.24. The summed E-state index contributed by atoms with van der Waals surface area (Å²) in [4.78, 5) is 26.7. The minimum absolute atomic E-state index is 0.0511. The third-order valence-corrected chi connectivity index (χ3v) is 6.01. The number of hydrogen-bond acceptors (Lipinski definition) is 3. The molecule has 1 aromatic rings. The molecule has 4 heteroatoms. The highest BCUT2D eigenvalue weighted by molar-refractivity contribution is 5.82. The summed E-state index contributed by atoms with van der Waals surface area (Å²) in [5, 5.41) is 0. The number of fused-ring (bicyclic) bond motifs is 2. The van der Waals surface area contributed by atoms with Crippen molar-refractivity contribution in [1.82, 2.24) is 4.90 Å². The first-order valence-electron chi connectivity index (χ1n) is 9.58. The van der Waals surface area contributed by atoms with Crippen molar-refractivity contribution in [3.8, 4) is 0 Å². The lowest BCUT2D eigenvalue weighted by atomic mass is 9.65. The van der Waals surface area contributed by atoms with Crippen molar-refractivity contribution in [2.24, 2.45) is 10.8 Å². The number of carbonyl (C=O) groups excluding carboxylic acids is 2. The largest absolute Gasteiger partial charge is 0.455 e. The number of esters is 1. The van der Waals surface area contributed by atoms with Crippen LogP contribution in [-0.4, -0.2) is 36.0 Å². The van der Waals surface area contributed by atoms with Crippen molar-refractivity contribution < 1.29 is 14.3 Å². The number of likely N-dealkylation sites (tertiary alicyclic amines) is 1. The Labute approximate surface area is 156 Å². The molecule has 1 amide bonds. The minimum atomic E-state index is -0.338. The van der Waals surface area contributed by atoms with E-state index in [0.29, 0.717) is 0 Å². The van der Waals surface area contributed by atoms with Gasteiger partial charge in [0.2, 0.25) is 0 Å². The topological polar surface area (TPSA) is 46.6 Å². The lowest BCUT2D eigenvalue weighted by molar-refractivity contribution is -0.152. The van der Waals surface area contributed by atoms with Crippen molar-refractivity contribution >= 4 is 11.9 Å². The molecule has 0 N–H and O–H groups in total. The molecule has 1 aromatic carbocycles. The molecule has 4 nitrogen and oxygen atoms in total. The van der Waals surface area contributed by atoms with E-state index in [1.54, 1.807) is 0 Å². The number of nitrogens with zero attached hydrogens (tertiary/aromatic N) is 1. The van der Waals surface area contributed by atoms with Crippen molar-refractivity contribution in [1.29, 1.82) is 0 Å². The van der Waals surface area contributed by atoms with Crippen LogP contribution in [0.25, 0.3) is 0 Å². The highest BCUT2D eigenvalue weighted by Gasteiger charge is 2.50. The van der Waals surface area contributed by atoms with Gasteiger partial charge in [0.15, 0.2) is 6.61 Å². The predicted molar refractivity (Wildman–Crippen MR) is 102 cm³/mol. The van der Waals surface area contributed by atoms with Gasteiger partial charge in [0.1, 0.15) is 0 Å². The molecule has 26 heavy (non-hydrogen) atoms. The van der Waals surface area contributed by atoms with Crippen LogP contribution in [0.5, 0.6) is 0 Å². The van der Waals surface area contributed by atoms with Crippen molar-refractivity contribution in [3.05, 3.63) is 34.9 Å². The Hall–Kier alpha value is -1.84. The van der Waals surface area contributed by atoms with Gasteiger partial charge in [-0.05, 0) is 60.6 Å². The maximum Gasteiger partial charge on any atom is 0.310 e. The van der Waals surface area contributed by atoms with Crippen LogP contribution in [0, 0.1) is 24.7 Å². The molecule has 0 radical (unpaired) electrons. The number of aryl methyl sites for hydroxylation is 2. The van der Waals surface area contributed by atoms with Gasteiger partial charge in [0, 0.05) is 12.6 Å². The molecule has 2 bridgehead atoms. The summed E-state index contributed by atoms with van der Waals surface area (Å²) in [6.07, 6.45) is 3.46. The maximum atomic E-state index is 12.6. The maximum absolute atomic E-state index is 12.6. The second-order valence-electron chi connectivity index (χ2n) is 9.49. The fraction of sp³-hybridized carbons (Fsp3) is 0.636. The quantitative estimate of drug-likeness (QED) is 0.770.